The van der Waals surface area contributed by atoms with Crippen LogP contribution >= 0.6 is 0 Å². The smallest absolute Gasteiger partial charge is 0.257 e. The van der Waals surface area contributed by atoms with Gasteiger partial charge in [-0.1, -0.05) is 18.6 Å². The molecule has 2 fully saturated rings. The first-order valence-corrected chi connectivity index (χ1v) is 10.7. The van der Waals surface area contributed by atoms with Crippen molar-refractivity contribution in [3.05, 3.63) is 59.2 Å². The third-order valence-corrected chi connectivity index (χ3v) is 6.44. The second-order valence-corrected chi connectivity index (χ2v) is 8.29. The van der Waals surface area contributed by atoms with Crippen molar-refractivity contribution >= 4 is 5.91 Å². The monoisotopic (exact) mass is 430 g/mol. The van der Waals surface area contributed by atoms with Crippen LogP contribution in [0.2, 0.25) is 0 Å². The molecule has 2 heterocycles. The molecule has 0 unspecified atom stereocenters. The van der Waals surface area contributed by atoms with Crippen molar-refractivity contribution in [2.24, 2.45) is 5.92 Å². The Bertz CT molecular complexity index is 952. The summed E-state index contributed by atoms with van der Waals surface area (Å²) in [5, 5.41) is 0. The summed E-state index contributed by atoms with van der Waals surface area (Å²) < 4.78 is 37.8. The fourth-order valence-electron chi connectivity index (χ4n) is 4.90. The van der Waals surface area contributed by atoms with Gasteiger partial charge in [0.1, 0.15) is 0 Å². The van der Waals surface area contributed by atoms with Gasteiger partial charge in [-0.2, -0.15) is 0 Å². The number of fused-ring (bicyclic) bond motifs is 1. The highest BCUT2D eigenvalue weighted by Gasteiger charge is 2.40. The Morgan fingerprint density at radius 2 is 1.90 bits per heavy atom. The predicted molar refractivity (Wildman–Crippen MR) is 113 cm³/mol. The van der Waals surface area contributed by atoms with E-state index in [1.165, 1.54) is 19.2 Å². The fraction of sp³-hybridized carbons (Fsp3) is 0.458. The van der Waals surface area contributed by atoms with Crippen molar-refractivity contribution in [2.45, 2.75) is 31.8 Å². The summed E-state index contributed by atoms with van der Waals surface area (Å²) in [5.74, 6) is -0.396. The minimum atomic E-state index is -0.831. The van der Waals surface area contributed by atoms with E-state index < -0.39 is 11.6 Å². The Labute approximate surface area is 181 Å². The zero-order valence-corrected chi connectivity index (χ0v) is 17.9. The molecule has 0 bridgehead atoms. The minimum Gasteiger partial charge on any atom is -0.493 e. The molecule has 0 aromatic heterocycles. The van der Waals surface area contributed by atoms with Gasteiger partial charge in [-0.05, 0) is 55.1 Å². The zero-order chi connectivity index (χ0) is 22.0. The van der Waals surface area contributed by atoms with E-state index in [1.54, 1.807) is 31.4 Å². The summed E-state index contributed by atoms with van der Waals surface area (Å²) in [6.45, 7) is 2.71. The van der Waals surface area contributed by atoms with Gasteiger partial charge in [0, 0.05) is 25.7 Å². The van der Waals surface area contributed by atoms with Crippen molar-refractivity contribution in [1.82, 2.24) is 9.80 Å². The van der Waals surface area contributed by atoms with Crippen molar-refractivity contribution in [3.63, 3.8) is 0 Å². The summed E-state index contributed by atoms with van der Waals surface area (Å²) in [4.78, 5) is 17.6. The van der Waals surface area contributed by atoms with E-state index in [0.717, 1.165) is 31.4 Å². The quantitative estimate of drug-likeness (QED) is 0.716. The molecule has 0 aliphatic carbocycles. The van der Waals surface area contributed by atoms with Crippen LogP contribution in [-0.2, 0) is 6.54 Å². The van der Waals surface area contributed by atoms with E-state index in [1.807, 2.05) is 4.90 Å². The largest absolute Gasteiger partial charge is 0.493 e. The molecule has 2 saturated heterocycles. The number of ether oxygens (including phenoxy) is 2. The van der Waals surface area contributed by atoms with E-state index in [4.69, 9.17) is 9.47 Å². The molecule has 166 valence electrons. The molecule has 1 amide bonds. The number of nitrogens with zero attached hydrogens (tertiary/aromatic N) is 2. The molecule has 5 nitrogen and oxygen atoms in total. The highest BCUT2D eigenvalue weighted by atomic mass is 19.2. The summed E-state index contributed by atoms with van der Waals surface area (Å²) in [6.07, 6.45) is 3.21. The lowest BCUT2D eigenvalue weighted by atomic mass is 9.98. The van der Waals surface area contributed by atoms with E-state index >= 15 is 0 Å². The molecule has 0 spiro atoms. The summed E-state index contributed by atoms with van der Waals surface area (Å²) in [5.41, 5.74) is 1.24. The van der Waals surface area contributed by atoms with Crippen LogP contribution in [-0.4, -0.2) is 55.6 Å². The highest BCUT2D eigenvalue weighted by molar-refractivity contribution is 5.98. The normalized spacial score (nSPS) is 21.5. The number of methoxy groups -OCH3 is 2. The molecule has 7 heteroatoms. The van der Waals surface area contributed by atoms with Gasteiger partial charge in [0.15, 0.2) is 23.1 Å². The van der Waals surface area contributed by atoms with Gasteiger partial charge in [-0.3, -0.25) is 9.69 Å². The third-order valence-electron chi connectivity index (χ3n) is 6.44. The van der Waals surface area contributed by atoms with Gasteiger partial charge in [0.25, 0.3) is 5.91 Å². The number of benzene rings is 2. The van der Waals surface area contributed by atoms with Crippen LogP contribution < -0.4 is 9.47 Å². The first kappa shape index (κ1) is 21.6. The average molecular weight is 430 g/mol. The lowest BCUT2D eigenvalue weighted by molar-refractivity contribution is 0.0769. The second kappa shape index (κ2) is 9.22. The maximum Gasteiger partial charge on any atom is 0.257 e. The summed E-state index contributed by atoms with van der Waals surface area (Å²) in [7, 11) is 3.09. The van der Waals surface area contributed by atoms with Gasteiger partial charge in [0.05, 0.1) is 19.8 Å². The number of carbonyl (C=O) groups is 1. The number of rotatable bonds is 5. The Hall–Kier alpha value is -2.67. The van der Waals surface area contributed by atoms with Crippen molar-refractivity contribution < 1.29 is 23.0 Å². The molecular weight excluding hydrogens is 402 g/mol. The van der Waals surface area contributed by atoms with Crippen LogP contribution in [0.5, 0.6) is 11.5 Å². The molecule has 0 N–H and O–H groups in total. The van der Waals surface area contributed by atoms with Crippen LogP contribution in [0.4, 0.5) is 8.78 Å². The molecule has 2 aromatic rings. The molecule has 2 aromatic carbocycles. The summed E-state index contributed by atoms with van der Waals surface area (Å²) >= 11 is 0. The molecule has 4 rings (SSSR count). The number of hydrogen-bond acceptors (Lipinski definition) is 4. The average Bonchev–Trinajstić information content (AvgIpc) is 3.12. The molecule has 0 saturated carbocycles. The molecule has 31 heavy (non-hydrogen) atoms. The van der Waals surface area contributed by atoms with Crippen molar-refractivity contribution in [2.75, 3.05) is 33.9 Å². The van der Waals surface area contributed by atoms with Gasteiger partial charge in [-0.25, -0.2) is 8.78 Å². The Morgan fingerprint density at radius 1 is 1.06 bits per heavy atom. The fourth-order valence-corrected chi connectivity index (χ4v) is 4.90. The van der Waals surface area contributed by atoms with Crippen LogP contribution in [0.3, 0.4) is 0 Å². The maximum absolute atomic E-state index is 13.7. The predicted octanol–water partition coefficient (Wildman–Crippen LogP) is 4.11. The molecule has 2 atom stereocenters. The molecule has 0 radical (unpaired) electrons. The standard InChI is InChI=1S/C24H28F2N2O3/c1-30-22-8-5-7-18(23(22)31-2)24(29)28-14-17-6-3-4-11-27(21(17)15-28)13-16-9-10-19(25)20(26)12-16/h5,7-10,12,17,21H,3-4,6,11,13-15H2,1-2H3/t17-,21+/m0/s1. The Kier molecular flexibility index (Phi) is 6.41. The highest BCUT2D eigenvalue weighted by Crippen LogP contribution is 2.35. The van der Waals surface area contributed by atoms with Crippen LogP contribution in [0, 0.1) is 17.6 Å². The Morgan fingerprint density at radius 3 is 2.65 bits per heavy atom. The van der Waals surface area contributed by atoms with Crippen molar-refractivity contribution in [3.8, 4) is 11.5 Å². The van der Waals surface area contributed by atoms with E-state index in [9.17, 15) is 13.6 Å². The van der Waals surface area contributed by atoms with E-state index in [-0.39, 0.29) is 11.9 Å². The zero-order valence-electron chi connectivity index (χ0n) is 17.9. The van der Waals surface area contributed by atoms with Crippen LogP contribution in [0.25, 0.3) is 0 Å². The van der Waals surface area contributed by atoms with Gasteiger partial charge in [0.2, 0.25) is 0 Å². The maximum atomic E-state index is 13.7. The molecule has 2 aliphatic rings. The number of para-hydroxylation sites is 1. The van der Waals surface area contributed by atoms with E-state index in [0.29, 0.717) is 42.6 Å². The van der Waals surface area contributed by atoms with Crippen molar-refractivity contribution in [1.29, 1.82) is 0 Å². The van der Waals surface area contributed by atoms with Crippen LogP contribution in [0.15, 0.2) is 36.4 Å². The minimum absolute atomic E-state index is 0.0726. The number of likely N-dealkylation sites (tertiary alicyclic amines) is 2. The summed E-state index contributed by atoms with van der Waals surface area (Å²) in [6, 6.07) is 9.60. The van der Waals surface area contributed by atoms with Crippen LogP contribution in [0.1, 0.15) is 35.2 Å². The first-order valence-electron chi connectivity index (χ1n) is 10.7. The second-order valence-electron chi connectivity index (χ2n) is 8.29. The Balaban J connectivity index is 1.54. The number of halogens is 2. The lowest BCUT2D eigenvalue weighted by Crippen LogP contribution is -2.40. The molecule has 2 aliphatic heterocycles. The number of carbonyl (C=O) groups excluding carboxylic acids is 1. The third kappa shape index (κ3) is 4.37. The number of amides is 1. The van der Waals surface area contributed by atoms with Gasteiger partial charge in [-0.15, -0.1) is 0 Å². The number of hydrogen-bond donors (Lipinski definition) is 0. The topological polar surface area (TPSA) is 42.0 Å². The molecular formula is C24H28F2N2O3. The lowest BCUT2D eigenvalue weighted by Gasteiger charge is -2.30. The van der Waals surface area contributed by atoms with Gasteiger partial charge >= 0.3 is 0 Å². The van der Waals surface area contributed by atoms with Gasteiger partial charge < -0.3 is 14.4 Å². The SMILES string of the molecule is COc1cccc(C(=O)N2C[C@@H]3CCCCN(Cc4ccc(F)c(F)c4)[C@@H]3C2)c1OC. The van der Waals surface area contributed by atoms with E-state index in [2.05, 4.69) is 4.90 Å². The first-order chi connectivity index (χ1) is 15.0.